The maximum Gasteiger partial charge on any atom is 0.342 e. The van der Waals surface area contributed by atoms with Crippen LogP contribution in [0.2, 0.25) is 0 Å². The molecule has 0 unspecified atom stereocenters. The van der Waals surface area contributed by atoms with Crippen LogP contribution in [-0.4, -0.2) is 28.3 Å². The summed E-state index contributed by atoms with van der Waals surface area (Å²) in [6.45, 7) is 3.91. The van der Waals surface area contributed by atoms with Crippen LogP contribution in [0.5, 0.6) is 0 Å². The lowest BCUT2D eigenvalue weighted by Gasteiger charge is -2.10. The molecule has 1 atom stereocenters. The quantitative estimate of drug-likeness (QED) is 0.340. The number of amides is 1. The molecule has 0 radical (unpaired) electrons. The first-order chi connectivity index (χ1) is 16.5. The summed E-state index contributed by atoms with van der Waals surface area (Å²) in [5.74, 6) is -0.550. The molecule has 1 N–H and O–H groups in total. The molecule has 34 heavy (non-hydrogen) atoms. The normalized spacial score (nSPS) is 11.6. The van der Waals surface area contributed by atoms with Gasteiger partial charge in [-0.3, -0.25) is 4.79 Å². The van der Waals surface area contributed by atoms with E-state index in [2.05, 4.69) is 24.3 Å². The van der Waals surface area contributed by atoms with E-state index in [1.165, 1.54) is 5.56 Å². The second kappa shape index (κ2) is 10.6. The fourth-order valence-electron chi connectivity index (χ4n) is 3.58. The highest BCUT2D eigenvalue weighted by atomic mass is 16.5. The highest BCUT2D eigenvalue weighted by Crippen LogP contribution is 2.24. The van der Waals surface area contributed by atoms with E-state index >= 15 is 0 Å². The fourth-order valence-corrected chi connectivity index (χ4v) is 3.58. The molecule has 0 saturated heterocycles. The van der Waals surface area contributed by atoms with E-state index in [-0.39, 0.29) is 0 Å². The molecule has 1 heterocycles. The SMILES string of the molecule is CC[C@@H](C)c1ccc(NC(=O)COC(=O)c2cn(-c3ccccc3)nc2-c2ccccc2)cc1. The van der Waals surface area contributed by atoms with E-state index in [1.807, 2.05) is 84.9 Å². The molecule has 0 spiro atoms. The minimum Gasteiger partial charge on any atom is -0.452 e. The molecule has 172 valence electrons. The number of benzene rings is 3. The Labute approximate surface area is 199 Å². The molecule has 3 aromatic carbocycles. The van der Waals surface area contributed by atoms with Crippen molar-refractivity contribution in [1.29, 1.82) is 0 Å². The summed E-state index contributed by atoms with van der Waals surface area (Å²) in [6.07, 6.45) is 2.68. The third-order valence-corrected chi connectivity index (χ3v) is 5.71. The van der Waals surface area contributed by atoms with Crippen molar-refractivity contribution in [2.45, 2.75) is 26.2 Å². The van der Waals surface area contributed by atoms with Gasteiger partial charge in [0.25, 0.3) is 5.91 Å². The summed E-state index contributed by atoms with van der Waals surface area (Å²) in [4.78, 5) is 25.3. The Kier molecular flexibility index (Phi) is 7.18. The fraction of sp³-hybridized carbons (Fsp3) is 0.179. The molecule has 1 aromatic heterocycles. The molecule has 6 nitrogen and oxygen atoms in total. The molecular weight excluding hydrogens is 426 g/mol. The molecule has 4 aromatic rings. The summed E-state index contributed by atoms with van der Waals surface area (Å²) in [7, 11) is 0. The van der Waals surface area contributed by atoms with Crippen molar-refractivity contribution in [2.75, 3.05) is 11.9 Å². The molecule has 0 aliphatic heterocycles. The Bertz CT molecular complexity index is 1250. The van der Waals surface area contributed by atoms with Crippen molar-refractivity contribution in [1.82, 2.24) is 9.78 Å². The molecule has 6 heteroatoms. The number of carbonyl (C=O) groups is 2. The first-order valence-electron chi connectivity index (χ1n) is 11.3. The highest BCUT2D eigenvalue weighted by molar-refractivity contribution is 5.98. The zero-order valence-corrected chi connectivity index (χ0v) is 19.3. The maximum atomic E-state index is 12.9. The molecule has 0 fully saturated rings. The standard InChI is InChI=1S/C28H27N3O3/c1-3-20(2)21-14-16-23(17-15-21)29-26(32)19-34-28(33)25-18-31(24-12-8-5-9-13-24)30-27(25)22-10-6-4-7-11-22/h4-18,20H,3,19H2,1-2H3,(H,29,32)/t20-/m1/s1. The Morgan fingerprint density at radius 2 is 1.59 bits per heavy atom. The minimum atomic E-state index is -0.608. The van der Waals surface area contributed by atoms with Crippen LogP contribution in [0.15, 0.2) is 91.1 Å². The van der Waals surface area contributed by atoms with E-state index in [0.717, 1.165) is 17.7 Å². The van der Waals surface area contributed by atoms with Crippen LogP contribution in [0.3, 0.4) is 0 Å². The number of para-hydroxylation sites is 1. The molecule has 0 aliphatic rings. The van der Waals surface area contributed by atoms with Gasteiger partial charge in [0.1, 0.15) is 11.3 Å². The third kappa shape index (κ3) is 5.41. The summed E-state index contributed by atoms with van der Waals surface area (Å²) in [5.41, 5.74) is 4.27. The lowest BCUT2D eigenvalue weighted by atomic mass is 9.99. The van der Waals surface area contributed by atoms with Crippen molar-refractivity contribution >= 4 is 17.6 Å². The van der Waals surface area contributed by atoms with Gasteiger partial charge in [-0.15, -0.1) is 0 Å². The lowest BCUT2D eigenvalue weighted by Crippen LogP contribution is -2.21. The Morgan fingerprint density at radius 1 is 0.941 bits per heavy atom. The van der Waals surface area contributed by atoms with Gasteiger partial charge >= 0.3 is 5.97 Å². The maximum absolute atomic E-state index is 12.9. The number of rotatable bonds is 8. The van der Waals surface area contributed by atoms with Gasteiger partial charge in [-0.05, 0) is 42.2 Å². The van der Waals surface area contributed by atoms with Gasteiger partial charge in [0.05, 0.1) is 5.69 Å². The van der Waals surface area contributed by atoms with Crippen LogP contribution >= 0.6 is 0 Å². The summed E-state index contributed by atoms with van der Waals surface area (Å²) >= 11 is 0. The first kappa shape index (κ1) is 23.0. The Balaban J connectivity index is 1.47. The van der Waals surface area contributed by atoms with Crippen molar-refractivity contribution in [3.63, 3.8) is 0 Å². The van der Waals surface area contributed by atoms with Crippen molar-refractivity contribution < 1.29 is 14.3 Å². The summed E-state index contributed by atoms with van der Waals surface area (Å²) in [5, 5.41) is 7.38. The highest BCUT2D eigenvalue weighted by Gasteiger charge is 2.21. The predicted molar refractivity (Wildman–Crippen MR) is 133 cm³/mol. The van der Waals surface area contributed by atoms with Crippen LogP contribution in [0, 0.1) is 0 Å². The van der Waals surface area contributed by atoms with Gasteiger partial charge in [-0.25, -0.2) is 9.48 Å². The molecule has 0 aliphatic carbocycles. The number of hydrogen-bond acceptors (Lipinski definition) is 4. The van der Waals surface area contributed by atoms with E-state index in [4.69, 9.17) is 4.74 Å². The first-order valence-corrected chi connectivity index (χ1v) is 11.3. The second-order valence-electron chi connectivity index (χ2n) is 8.09. The van der Waals surface area contributed by atoms with Gasteiger partial charge in [-0.2, -0.15) is 5.10 Å². The molecule has 4 rings (SSSR count). The van der Waals surface area contributed by atoms with Crippen LogP contribution < -0.4 is 5.32 Å². The van der Waals surface area contributed by atoms with Crippen molar-refractivity contribution in [3.8, 4) is 16.9 Å². The van der Waals surface area contributed by atoms with E-state index < -0.39 is 18.5 Å². The number of nitrogens with zero attached hydrogens (tertiary/aromatic N) is 2. The summed E-state index contributed by atoms with van der Waals surface area (Å²) in [6, 6.07) is 26.7. The number of nitrogens with one attached hydrogen (secondary N) is 1. The number of carbonyl (C=O) groups excluding carboxylic acids is 2. The van der Waals surface area contributed by atoms with Crippen LogP contribution in [0.1, 0.15) is 42.1 Å². The van der Waals surface area contributed by atoms with Gasteiger partial charge < -0.3 is 10.1 Å². The van der Waals surface area contributed by atoms with Crippen LogP contribution in [0.4, 0.5) is 5.69 Å². The number of esters is 1. The number of aromatic nitrogens is 2. The van der Waals surface area contributed by atoms with E-state index in [1.54, 1.807) is 10.9 Å². The van der Waals surface area contributed by atoms with Crippen LogP contribution in [-0.2, 0) is 9.53 Å². The molecule has 0 saturated carbocycles. The topological polar surface area (TPSA) is 73.2 Å². The molecule has 1 amide bonds. The largest absolute Gasteiger partial charge is 0.452 e. The molecular formula is C28H27N3O3. The number of anilines is 1. The third-order valence-electron chi connectivity index (χ3n) is 5.71. The minimum absolute atomic E-state index is 0.292. The van der Waals surface area contributed by atoms with Crippen LogP contribution in [0.25, 0.3) is 16.9 Å². The number of hydrogen-bond donors (Lipinski definition) is 1. The summed E-state index contributed by atoms with van der Waals surface area (Å²) < 4.78 is 6.99. The average molecular weight is 454 g/mol. The predicted octanol–water partition coefficient (Wildman–Crippen LogP) is 5.85. The second-order valence-corrected chi connectivity index (χ2v) is 8.09. The zero-order valence-electron chi connectivity index (χ0n) is 19.3. The van der Waals surface area contributed by atoms with E-state index in [0.29, 0.717) is 22.9 Å². The van der Waals surface area contributed by atoms with Gasteiger partial charge in [0, 0.05) is 17.4 Å². The number of ether oxygens (including phenoxy) is 1. The average Bonchev–Trinajstić information content (AvgIpc) is 3.34. The monoisotopic (exact) mass is 453 g/mol. The molecule has 0 bridgehead atoms. The van der Waals surface area contributed by atoms with Gasteiger partial charge in [0.15, 0.2) is 6.61 Å². The Morgan fingerprint density at radius 3 is 2.24 bits per heavy atom. The van der Waals surface area contributed by atoms with Gasteiger partial charge in [0.2, 0.25) is 0 Å². The zero-order chi connectivity index (χ0) is 23.9. The van der Waals surface area contributed by atoms with E-state index in [9.17, 15) is 9.59 Å². The van der Waals surface area contributed by atoms with Crippen molar-refractivity contribution in [3.05, 3.63) is 102 Å². The Hall–Kier alpha value is -4.19. The van der Waals surface area contributed by atoms with Crippen molar-refractivity contribution in [2.24, 2.45) is 0 Å². The lowest BCUT2D eigenvalue weighted by molar-refractivity contribution is -0.119. The van der Waals surface area contributed by atoms with Gasteiger partial charge in [-0.1, -0.05) is 74.5 Å². The smallest absolute Gasteiger partial charge is 0.342 e.